The number of nitrogens with one attached hydrogen (secondary N) is 2. The highest BCUT2D eigenvalue weighted by Crippen LogP contribution is 2.33. The largest absolute Gasteiger partial charge is 0.361 e. The van der Waals surface area contributed by atoms with E-state index in [4.69, 9.17) is 0 Å². The summed E-state index contributed by atoms with van der Waals surface area (Å²) >= 11 is 0. The van der Waals surface area contributed by atoms with E-state index in [1.165, 1.54) is 0 Å². The van der Waals surface area contributed by atoms with Gasteiger partial charge in [-0.25, -0.2) is 0 Å². The van der Waals surface area contributed by atoms with Gasteiger partial charge in [-0.05, 0) is 49.2 Å². The van der Waals surface area contributed by atoms with Gasteiger partial charge in [-0.3, -0.25) is 9.59 Å². The van der Waals surface area contributed by atoms with Crippen molar-refractivity contribution in [2.45, 2.75) is 19.4 Å². The SMILES string of the molecule is C[C@H]1Cc2ccccc2N1C(=O)/C(=C/c1c[nH]c2ccccc12)NC(=O)c1ccccc1. The Balaban J connectivity index is 1.56. The van der Waals surface area contributed by atoms with E-state index >= 15 is 0 Å². The molecular formula is C27H23N3O2. The van der Waals surface area contributed by atoms with Crippen molar-refractivity contribution in [3.63, 3.8) is 0 Å². The molecule has 1 aliphatic rings. The number of fused-ring (bicyclic) bond motifs is 2. The van der Waals surface area contributed by atoms with Crippen LogP contribution in [-0.4, -0.2) is 22.8 Å². The van der Waals surface area contributed by atoms with E-state index in [0.29, 0.717) is 5.56 Å². The molecule has 2 N–H and O–H groups in total. The number of carbonyl (C=O) groups is 2. The topological polar surface area (TPSA) is 65.2 Å². The fourth-order valence-electron chi connectivity index (χ4n) is 4.31. The summed E-state index contributed by atoms with van der Waals surface area (Å²) in [5.41, 5.74) is 4.59. The molecule has 5 heteroatoms. The number of benzene rings is 3. The normalized spacial score (nSPS) is 15.6. The van der Waals surface area contributed by atoms with Crippen LogP contribution in [0, 0.1) is 0 Å². The molecular weight excluding hydrogens is 398 g/mol. The van der Waals surface area contributed by atoms with Crippen LogP contribution < -0.4 is 10.2 Å². The zero-order valence-electron chi connectivity index (χ0n) is 17.7. The lowest BCUT2D eigenvalue weighted by molar-refractivity contribution is -0.115. The van der Waals surface area contributed by atoms with Crippen molar-refractivity contribution in [3.8, 4) is 0 Å². The summed E-state index contributed by atoms with van der Waals surface area (Å²) in [5.74, 6) is -0.540. The minimum Gasteiger partial charge on any atom is -0.361 e. The molecule has 1 atom stereocenters. The molecule has 1 aliphatic heterocycles. The smallest absolute Gasteiger partial charge is 0.275 e. The van der Waals surface area contributed by atoms with Gasteiger partial charge < -0.3 is 15.2 Å². The highest BCUT2D eigenvalue weighted by molar-refractivity contribution is 6.13. The summed E-state index contributed by atoms with van der Waals surface area (Å²) < 4.78 is 0. The monoisotopic (exact) mass is 421 g/mol. The predicted octanol–water partition coefficient (Wildman–Crippen LogP) is 4.92. The van der Waals surface area contributed by atoms with Gasteiger partial charge in [-0.1, -0.05) is 54.6 Å². The van der Waals surface area contributed by atoms with Crippen LogP contribution in [0.4, 0.5) is 5.69 Å². The summed E-state index contributed by atoms with van der Waals surface area (Å²) in [6.45, 7) is 2.03. The maximum absolute atomic E-state index is 13.8. The molecule has 3 aromatic carbocycles. The molecule has 2 heterocycles. The molecule has 0 bridgehead atoms. The van der Waals surface area contributed by atoms with Gasteiger partial charge in [0.25, 0.3) is 11.8 Å². The van der Waals surface area contributed by atoms with Gasteiger partial charge in [0.1, 0.15) is 5.70 Å². The lowest BCUT2D eigenvalue weighted by atomic mass is 10.1. The zero-order chi connectivity index (χ0) is 22.1. The van der Waals surface area contributed by atoms with Crippen LogP contribution in [0.2, 0.25) is 0 Å². The molecule has 0 spiro atoms. The van der Waals surface area contributed by atoms with Crippen LogP contribution in [0.15, 0.2) is 90.8 Å². The van der Waals surface area contributed by atoms with Crippen LogP contribution in [0.1, 0.15) is 28.4 Å². The standard InChI is InChI=1S/C27H23N3O2/c1-18-15-20-11-5-8-14-25(20)30(18)27(32)24(29-26(31)19-9-3-2-4-10-19)16-21-17-28-23-13-7-6-12-22(21)23/h2-14,16-18,28H,15H2,1H3,(H,29,31)/b24-16-/t18-/m0/s1. The van der Waals surface area contributed by atoms with Crippen molar-refractivity contribution < 1.29 is 9.59 Å². The van der Waals surface area contributed by atoms with Gasteiger partial charge in [-0.2, -0.15) is 0 Å². The Bertz CT molecular complexity index is 1340. The zero-order valence-corrected chi connectivity index (χ0v) is 17.7. The first-order valence-electron chi connectivity index (χ1n) is 10.7. The summed E-state index contributed by atoms with van der Waals surface area (Å²) in [6, 6.07) is 24.7. The third-order valence-electron chi connectivity index (χ3n) is 5.86. The second kappa shape index (κ2) is 8.19. The first kappa shape index (κ1) is 19.8. The Kier molecular flexibility index (Phi) is 5.07. The summed E-state index contributed by atoms with van der Waals surface area (Å²) in [6.07, 6.45) is 4.40. The van der Waals surface area contributed by atoms with E-state index < -0.39 is 0 Å². The molecule has 4 aromatic rings. The highest BCUT2D eigenvalue weighted by Gasteiger charge is 2.33. The second-order valence-electron chi connectivity index (χ2n) is 8.02. The van der Waals surface area contributed by atoms with Crippen LogP contribution in [0.5, 0.6) is 0 Å². The predicted molar refractivity (Wildman–Crippen MR) is 127 cm³/mol. The van der Waals surface area contributed by atoms with Crippen molar-refractivity contribution in [1.29, 1.82) is 0 Å². The van der Waals surface area contributed by atoms with Gasteiger partial charge in [-0.15, -0.1) is 0 Å². The summed E-state index contributed by atoms with van der Waals surface area (Å²) in [5, 5.41) is 3.87. The number of nitrogens with zero attached hydrogens (tertiary/aromatic N) is 1. The number of para-hydroxylation sites is 2. The Labute approximate surface area is 186 Å². The lowest BCUT2D eigenvalue weighted by Crippen LogP contribution is -2.41. The Hall–Kier alpha value is -4.12. The summed E-state index contributed by atoms with van der Waals surface area (Å²) in [7, 11) is 0. The number of aromatic nitrogens is 1. The van der Waals surface area contributed by atoms with E-state index in [9.17, 15) is 9.59 Å². The van der Waals surface area contributed by atoms with Gasteiger partial charge >= 0.3 is 0 Å². The number of rotatable bonds is 4. The molecule has 5 rings (SSSR count). The minimum atomic E-state index is -0.315. The van der Waals surface area contributed by atoms with Crippen molar-refractivity contribution in [3.05, 3.63) is 107 Å². The first-order chi connectivity index (χ1) is 15.6. The van der Waals surface area contributed by atoms with Crippen molar-refractivity contribution >= 4 is 34.5 Å². The molecule has 158 valence electrons. The van der Waals surface area contributed by atoms with Crippen LogP contribution in [0.3, 0.4) is 0 Å². The molecule has 0 radical (unpaired) electrons. The number of hydrogen-bond acceptors (Lipinski definition) is 2. The number of amides is 2. The second-order valence-corrected chi connectivity index (χ2v) is 8.02. The number of carbonyl (C=O) groups excluding carboxylic acids is 2. The van der Waals surface area contributed by atoms with Crippen molar-refractivity contribution in [2.24, 2.45) is 0 Å². The van der Waals surface area contributed by atoms with E-state index in [1.54, 1.807) is 35.2 Å². The average Bonchev–Trinajstić information content (AvgIpc) is 3.38. The lowest BCUT2D eigenvalue weighted by Gasteiger charge is -2.24. The number of H-pyrrole nitrogens is 1. The third-order valence-corrected chi connectivity index (χ3v) is 5.86. The molecule has 0 aliphatic carbocycles. The molecule has 32 heavy (non-hydrogen) atoms. The maximum Gasteiger partial charge on any atom is 0.275 e. The first-order valence-corrected chi connectivity index (χ1v) is 10.7. The molecule has 0 saturated carbocycles. The van der Waals surface area contributed by atoms with E-state index in [0.717, 1.165) is 34.1 Å². The third kappa shape index (κ3) is 3.58. The molecule has 2 amide bonds. The fourth-order valence-corrected chi connectivity index (χ4v) is 4.31. The number of anilines is 1. The molecule has 0 saturated heterocycles. The molecule has 0 unspecified atom stereocenters. The van der Waals surface area contributed by atoms with E-state index in [2.05, 4.69) is 10.3 Å². The van der Waals surface area contributed by atoms with E-state index in [-0.39, 0.29) is 23.6 Å². The number of aromatic amines is 1. The molecule has 1 aromatic heterocycles. The Morgan fingerprint density at radius 2 is 1.69 bits per heavy atom. The van der Waals surface area contributed by atoms with Crippen molar-refractivity contribution in [1.82, 2.24) is 10.3 Å². The van der Waals surface area contributed by atoms with Crippen molar-refractivity contribution in [2.75, 3.05) is 4.90 Å². The fraction of sp³-hybridized carbons (Fsp3) is 0.111. The van der Waals surface area contributed by atoms with Crippen LogP contribution in [-0.2, 0) is 11.2 Å². The maximum atomic E-state index is 13.8. The van der Waals surface area contributed by atoms with Gasteiger partial charge in [0.2, 0.25) is 0 Å². The quantitative estimate of drug-likeness (QED) is 0.460. The average molecular weight is 422 g/mol. The molecule has 5 nitrogen and oxygen atoms in total. The Morgan fingerprint density at radius 3 is 2.53 bits per heavy atom. The number of hydrogen-bond donors (Lipinski definition) is 2. The van der Waals surface area contributed by atoms with Crippen LogP contribution >= 0.6 is 0 Å². The Morgan fingerprint density at radius 1 is 0.969 bits per heavy atom. The highest BCUT2D eigenvalue weighted by atomic mass is 16.2. The van der Waals surface area contributed by atoms with Gasteiger partial charge in [0.15, 0.2) is 0 Å². The van der Waals surface area contributed by atoms with Gasteiger partial charge in [0, 0.05) is 40.0 Å². The summed E-state index contributed by atoms with van der Waals surface area (Å²) in [4.78, 5) is 31.8. The molecule has 0 fully saturated rings. The minimum absolute atomic E-state index is 0.0000961. The van der Waals surface area contributed by atoms with E-state index in [1.807, 2.05) is 67.7 Å². The van der Waals surface area contributed by atoms with Crippen LogP contribution in [0.25, 0.3) is 17.0 Å². The van der Waals surface area contributed by atoms with Gasteiger partial charge in [0.05, 0.1) is 0 Å².